The van der Waals surface area contributed by atoms with Gasteiger partial charge in [-0.15, -0.1) is 0 Å². The molecule has 6 heteroatoms. The quantitative estimate of drug-likeness (QED) is 0.379. The highest BCUT2D eigenvalue weighted by Crippen LogP contribution is 2.27. The van der Waals surface area contributed by atoms with E-state index in [0.29, 0.717) is 29.1 Å². The molecule has 0 unspecified atom stereocenters. The van der Waals surface area contributed by atoms with E-state index >= 15 is 0 Å². The first kappa shape index (κ1) is 18.8. The van der Waals surface area contributed by atoms with Crippen LogP contribution in [0.4, 0.5) is 0 Å². The van der Waals surface area contributed by atoms with E-state index in [1.165, 1.54) is 4.68 Å². The summed E-state index contributed by atoms with van der Waals surface area (Å²) in [6.07, 6.45) is 1.62. The first-order chi connectivity index (χ1) is 15.2. The summed E-state index contributed by atoms with van der Waals surface area (Å²) in [5, 5.41) is 5.89. The second-order valence-electron chi connectivity index (χ2n) is 6.97. The molecular formula is C25H19N3O3. The molecule has 0 amide bonds. The third-order valence-electron chi connectivity index (χ3n) is 4.89. The van der Waals surface area contributed by atoms with Crippen molar-refractivity contribution in [1.82, 2.24) is 9.66 Å². The summed E-state index contributed by atoms with van der Waals surface area (Å²) in [5.74, 6) is 1.56. The molecule has 0 saturated carbocycles. The van der Waals surface area contributed by atoms with Gasteiger partial charge in [-0.25, -0.2) is 4.98 Å². The zero-order valence-electron chi connectivity index (χ0n) is 16.9. The molecule has 0 saturated heterocycles. The van der Waals surface area contributed by atoms with Crippen molar-refractivity contribution in [2.75, 3.05) is 6.61 Å². The highest BCUT2D eigenvalue weighted by molar-refractivity contribution is 5.84. The van der Waals surface area contributed by atoms with E-state index in [2.05, 4.69) is 5.10 Å². The number of fused-ring (bicyclic) bond motifs is 2. The van der Waals surface area contributed by atoms with Gasteiger partial charge in [0.15, 0.2) is 5.76 Å². The van der Waals surface area contributed by atoms with Crippen molar-refractivity contribution >= 4 is 28.1 Å². The molecule has 0 radical (unpaired) electrons. The minimum absolute atomic E-state index is 0.265. The summed E-state index contributed by atoms with van der Waals surface area (Å²) >= 11 is 0. The van der Waals surface area contributed by atoms with Gasteiger partial charge in [0.25, 0.3) is 5.56 Å². The van der Waals surface area contributed by atoms with Crippen LogP contribution in [0.1, 0.15) is 12.5 Å². The molecule has 5 rings (SSSR count). The predicted octanol–water partition coefficient (Wildman–Crippen LogP) is 5.09. The largest absolute Gasteiger partial charge is 0.494 e. The predicted molar refractivity (Wildman–Crippen MR) is 122 cm³/mol. The molecule has 152 valence electrons. The number of hydrogen-bond donors (Lipinski definition) is 0. The maximum absolute atomic E-state index is 13.3. The molecule has 2 heterocycles. The van der Waals surface area contributed by atoms with Gasteiger partial charge in [-0.3, -0.25) is 4.79 Å². The molecule has 0 aliphatic rings. The highest BCUT2D eigenvalue weighted by Gasteiger charge is 2.16. The molecule has 0 atom stereocenters. The van der Waals surface area contributed by atoms with E-state index < -0.39 is 0 Å². The second-order valence-corrected chi connectivity index (χ2v) is 6.97. The molecule has 6 nitrogen and oxygen atoms in total. The van der Waals surface area contributed by atoms with E-state index in [0.717, 1.165) is 22.3 Å². The molecule has 0 bridgehead atoms. The van der Waals surface area contributed by atoms with Crippen LogP contribution in [-0.4, -0.2) is 22.5 Å². The number of aromatic nitrogens is 2. The standard InChI is InChI=1S/C25H19N3O3/c1-2-30-19-10-7-8-17(14-19)16-26-28-24(23-15-18-9-3-6-13-22(18)31-23)27-21-12-5-4-11-20(21)25(28)29/h3-16H,2H2,1H3. The van der Waals surface area contributed by atoms with Gasteiger partial charge in [-0.05, 0) is 48.9 Å². The number of rotatable bonds is 5. The van der Waals surface area contributed by atoms with E-state index in [9.17, 15) is 4.79 Å². The minimum atomic E-state index is -0.265. The summed E-state index contributed by atoms with van der Waals surface area (Å²) in [6, 6.07) is 24.3. The maximum atomic E-state index is 13.3. The molecule has 3 aromatic carbocycles. The van der Waals surface area contributed by atoms with E-state index in [1.807, 2.05) is 79.7 Å². The van der Waals surface area contributed by atoms with Gasteiger partial charge in [-0.1, -0.05) is 42.5 Å². The molecular weight excluding hydrogens is 390 g/mol. The molecule has 0 spiro atoms. The third-order valence-corrected chi connectivity index (χ3v) is 4.89. The van der Waals surface area contributed by atoms with Crippen LogP contribution in [0, 0.1) is 0 Å². The normalized spacial score (nSPS) is 11.5. The van der Waals surface area contributed by atoms with Crippen molar-refractivity contribution in [1.29, 1.82) is 0 Å². The van der Waals surface area contributed by atoms with Gasteiger partial charge in [0, 0.05) is 5.39 Å². The first-order valence-electron chi connectivity index (χ1n) is 10.0. The fourth-order valence-electron chi connectivity index (χ4n) is 3.46. The molecule has 0 aliphatic carbocycles. The highest BCUT2D eigenvalue weighted by atomic mass is 16.5. The van der Waals surface area contributed by atoms with Gasteiger partial charge >= 0.3 is 0 Å². The Bertz CT molecular complexity index is 1450. The van der Waals surface area contributed by atoms with Crippen LogP contribution in [0.5, 0.6) is 5.75 Å². The van der Waals surface area contributed by atoms with Crippen LogP contribution in [-0.2, 0) is 0 Å². The zero-order valence-corrected chi connectivity index (χ0v) is 16.9. The first-order valence-corrected chi connectivity index (χ1v) is 10.0. The van der Waals surface area contributed by atoms with Crippen molar-refractivity contribution in [3.05, 3.63) is 94.8 Å². The smallest absolute Gasteiger partial charge is 0.282 e. The Balaban J connectivity index is 1.69. The van der Waals surface area contributed by atoms with Gasteiger partial charge in [-0.2, -0.15) is 9.78 Å². The topological polar surface area (TPSA) is 69.6 Å². The second kappa shape index (κ2) is 7.91. The minimum Gasteiger partial charge on any atom is -0.494 e. The lowest BCUT2D eigenvalue weighted by atomic mass is 10.2. The van der Waals surface area contributed by atoms with E-state index in [-0.39, 0.29) is 5.56 Å². The summed E-state index contributed by atoms with van der Waals surface area (Å²) in [7, 11) is 0. The zero-order chi connectivity index (χ0) is 21.2. The van der Waals surface area contributed by atoms with Crippen LogP contribution in [0.25, 0.3) is 33.5 Å². The van der Waals surface area contributed by atoms with Crippen molar-refractivity contribution in [2.45, 2.75) is 6.92 Å². The Morgan fingerprint density at radius 1 is 1.03 bits per heavy atom. The number of hydrogen-bond acceptors (Lipinski definition) is 5. The van der Waals surface area contributed by atoms with Crippen molar-refractivity contribution in [3.8, 4) is 17.3 Å². The molecule has 31 heavy (non-hydrogen) atoms. The lowest BCUT2D eigenvalue weighted by molar-refractivity contribution is 0.340. The van der Waals surface area contributed by atoms with Gasteiger partial charge in [0.05, 0.1) is 23.7 Å². The molecule has 0 aliphatic heterocycles. The Hall–Kier alpha value is -4.19. The monoisotopic (exact) mass is 409 g/mol. The SMILES string of the molecule is CCOc1cccc(C=Nn2c(-c3cc4ccccc4o3)nc3ccccc3c2=O)c1. The van der Waals surface area contributed by atoms with Gasteiger partial charge in [0.2, 0.25) is 5.82 Å². The van der Waals surface area contributed by atoms with Crippen LogP contribution in [0.2, 0.25) is 0 Å². The van der Waals surface area contributed by atoms with Crippen LogP contribution >= 0.6 is 0 Å². The number of para-hydroxylation sites is 2. The fourth-order valence-corrected chi connectivity index (χ4v) is 3.46. The Morgan fingerprint density at radius 2 is 1.87 bits per heavy atom. The van der Waals surface area contributed by atoms with Crippen molar-refractivity contribution < 1.29 is 9.15 Å². The van der Waals surface area contributed by atoms with Crippen LogP contribution in [0.3, 0.4) is 0 Å². The van der Waals surface area contributed by atoms with Crippen molar-refractivity contribution in [2.24, 2.45) is 5.10 Å². The molecule has 0 N–H and O–H groups in total. The average molecular weight is 409 g/mol. The third kappa shape index (κ3) is 3.59. The van der Waals surface area contributed by atoms with Crippen LogP contribution in [0.15, 0.2) is 93.2 Å². The van der Waals surface area contributed by atoms with Crippen molar-refractivity contribution in [3.63, 3.8) is 0 Å². The van der Waals surface area contributed by atoms with Gasteiger partial charge < -0.3 is 9.15 Å². The number of ether oxygens (including phenoxy) is 1. The van der Waals surface area contributed by atoms with Crippen LogP contribution < -0.4 is 10.3 Å². The Labute approximate surface area is 178 Å². The molecule has 5 aromatic rings. The Morgan fingerprint density at radius 3 is 2.74 bits per heavy atom. The number of nitrogens with zero attached hydrogens (tertiary/aromatic N) is 3. The summed E-state index contributed by atoms with van der Waals surface area (Å²) in [5.41, 5.74) is 1.85. The van der Waals surface area contributed by atoms with E-state index in [4.69, 9.17) is 14.1 Å². The lowest BCUT2D eigenvalue weighted by Crippen LogP contribution is -2.20. The number of benzene rings is 3. The fraction of sp³-hybridized carbons (Fsp3) is 0.0800. The molecule has 2 aromatic heterocycles. The Kier molecular flexibility index (Phi) is 4.80. The summed E-state index contributed by atoms with van der Waals surface area (Å²) in [6.45, 7) is 2.51. The number of furan rings is 1. The molecule has 0 fully saturated rings. The van der Waals surface area contributed by atoms with E-state index in [1.54, 1.807) is 12.3 Å². The van der Waals surface area contributed by atoms with Gasteiger partial charge in [0.1, 0.15) is 11.3 Å². The maximum Gasteiger partial charge on any atom is 0.282 e. The summed E-state index contributed by atoms with van der Waals surface area (Å²) < 4.78 is 12.8. The lowest BCUT2D eigenvalue weighted by Gasteiger charge is -2.07. The average Bonchev–Trinajstić information content (AvgIpc) is 3.23. The summed E-state index contributed by atoms with van der Waals surface area (Å²) in [4.78, 5) is 18.0.